The monoisotopic (exact) mass is 319 g/mol. The number of aromatic amines is 1. The van der Waals surface area contributed by atoms with Gasteiger partial charge in [0.1, 0.15) is 11.5 Å². The van der Waals surface area contributed by atoms with E-state index in [-0.39, 0.29) is 16.3 Å². The molecule has 3 N–H and O–H groups in total. The molecule has 0 saturated heterocycles. The number of rotatable bonds is 4. The molecule has 2 aromatic rings. The number of aliphatic hydroxyl groups excluding tert-OH is 1. The molecule has 0 unspecified atom stereocenters. The molecule has 0 spiro atoms. The first kappa shape index (κ1) is 14.8. The van der Waals surface area contributed by atoms with E-state index in [1.807, 2.05) is 4.72 Å². The number of sulfonamides is 1. The van der Waals surface area contributed by atoms with Crippen molar-refractivity contribution in [3.8, 4) is 0 Å². The maximum absolute atomic E-state index is 13.6. The Morgan fingerprint density at radius 1 is 1.50 bits per heavy atom. The van der Waals surface area contributed by atoms with E-state index in [0.29, 0.717) is 5.69 Å². The highest BCUT2D eigenvalue weighted by atomic mass is 35.5. The van der Waals surface area contributed by atoms with Crippen molar-refractivity contribution in [3.05, 3.63) is 40.3 Å². The molecule has 0 bridgehead atoms. The molecule has 1 aromatic carbocycles. The fraction of sp³-hybridized carbons (Fsp3) is 0.182. The Bertz CT molecular complexity index is 725. The van der Waals surface area contributed by atoms with E-state index in [9.17, 15) is 17.9 Å². The maximum atomic E-state index is 13.6. The SMILES string of the molecule is Cc1[nH]nc(S(=O)(=O)Nc2c(F)cccc2Cl)c1CO. The third-order valence-electron chi connectivity index (χ3n) is 2.65. The van der Waals surface area contributed by atoms with E-state index < -0.39 is 27.5 Å². The standard InChI is InChI=1S/C11H11ClFN3O3S/c1-6-7(5-17)11(15-14-6)20(18,19)16-10-8(12)3-2-4-9(10)13/h2-4,16-17H,5H2,1H3,(H,14,15). The second-order valence-electron chi connectivity index (χ2n) is 3.99. The average Bonchev–Trinajstić information content (AvgIpc) is 2.76. The molecule has 2 rings (SSSR count). The number of aliphatic hydroxyl groups is 1. The molecule has 0 saturated carbocycles. The molecule has 0 aliphatic heterocycles. The van der Waals surface area contributed by atoms with Gasteiger partial charge in [-0.05, 0) is 19.1 Å². The van der Waals surface area contributed by atoms with Crippen molar-refractivity contribution in [2.45, 2.75) is 18.6 Å². The molecule has 20 heavy (non-hydrogen) atoms. The van der Waals surface area contributed by atoms with Crippen LogP contribution >= 0.6 is 11.6 Å². The van der Waals surface area contributed by atoms with Gasteiger partial charge in [-0.15, -0.1) is 0 Å². The maximum Gasteiger partial charge on any atom is 0.281 e. The van der Waals surface area contributed by atoms with Crippen molar-refractivity contribution < 1.29 is 17.9 Å². The van der Waals surface area contributed by atoms with Crippen LogP contribution in [0, 0.1) is 12.7 Å². The molecule has 1 aromatic heterocycles. The number of halogens is 2. The van der Waals surface area contributed by atoms with Crippen molar-refractivity contribution in [3.63, 3.8) is 0 Å². The van der Waals surface area contributed by atoms with Crippen LogP contribution in [0.5, 0.6) is 0 Å². The number of nitrogens with zero attached hydrogens (tertiary/aromatic N) is 1. The molecule has 0 amide bonds. The van der Waals surface area contributed by atoms with Gasteiger partial charge in [0.2, 0.25) is 5.03 Å². The average molecular weight is 320 g/mol. The second kappa shape index (κ2) is 5.39. The molecule has 0 aliphatic carbocycles. The van der Waals surface area contributed by atoms with E-state index in [0.717, 1.165) is 6.07 Å². The van der Waals surface area contributed by atoms with Gasteiger partial charge in [0.25, 0.3) is 10.0 Å². The van der Waals surface area contributed by atoms with Crippen LogP contribution in [0.4, 0.5) is 10.1 Å². The fourth-order valence-electron chi connectivity index (χ4n) is 1.62. The first-order valence-corrected chi connectivity index (χ1v) is 7.34. The predicted molar refractivity (Wildman–Crippen MR) is 71.5 cm³/mol. The van der Waals surface area contributed by atoms with Gasteiger partial charge < -0.3 is 5.11 Å². The zero-order chi connectivity index (χ0) is 14.9. The summed E-state index contributed by atoms with van der Waals surface area (Å²) in [4.78, 5) is 0. The summed E-state index contributed by atoms with van der Waals surface area (Å²) in [5.41, 5.74) is 0.163. The lowest BCUT2D eigenvalue weighted by Crippen LogP contribution is -2.16. The normalized spacial score (nSPS) is 11.6. The summed E-state index contributed by atoms with van der Waals surface area (Å²) in [5, 5.41) is 14.8. The Morgan fingerprint density at radius 3 is 2.80 bits per heavy atom. The summed E-state index contributed by atoms with van der Waals surface area (Å²) in [5.74, 6) is -0.807. The molecule has 108 valence electrons. The highest BCUT2D eigenvalue weighted by Crippen LogP contribution is 2.28. The van der Waals surface area contributed by atoms with Crippen LogP contribution in [-0.4, -0.2) is 23.7 Å². The molecule has 0 radical (unpaired) electrons. The van der Waals surface area contributed by atoms with E-state index in [1.165, 1.54) is 12.1 Å². The van der Waals surface area contributed by atoms with E-state index in [2.05, 4.69) is 10.2 Å². The van der Waals surface area contributed by atoms with Gasteiger partial charge in [-0.1, -0.05) is 17.7 Å². The molecular formula is C11H11ClFN3O3S. The molecule has 6 nitrogen and oxygen atoms in total. The highest BCUT2D eigenvalue weighted by molar-refractivity contribution is 7.92. The van der Waals surface area contributed by atoms with Gasteiger partial charge in [0.15, 0.2) is 0 Å². The molecule has 0 atom stereocenters. The number of benzene rings is 1. The summed E-state index contributed by atoms with van der Waals surface area (Å²) >= 11 is 5.76. The van der Waals surface area contributed by atoms with Crippen molar-refractivity contribution in [2.24, 2.45) is 0 Å². The minimum absolute atomic E-state index is 0.0774. The number of anilines is 1. The summed E-state index contributed by atoms with van der Waals surface area (Å²) in [6, 6.07) is 3.78. The number of H-pyrrole nitrogens is 1. The van der Waals surface area contributed by atoms with Crippen molar-refractivity contribution in [2.75, 3.05) is 4.72 Å². The molecule has 0 aliphatic rings. The summed E-state index contributed by atoms with van der Waals surface area (Å²) in [6.45, 7) is 1.05. The predicted octanol–water partition coefficient (Wildman–Crippen LogP) is 1.80. The molecule has 0 fully saturated rings. The number of aryl methyl sites for hydroxylation is 1. The lowest BCUT2D eigenvalue weighted by atomic mass is 10.3. The van der Waals surface area contributed by atoms with E-state index in [1.54, 1.807) is 6.92 Å². The van der Waals surface area contributed by atoms with Crippen LogP contribution in [0.2, 0.25) is 5.02 Å². The first-order valence-electron chi connectivity index (χ1n) is 5.48. The Balaban J connectivity index is 2.46. The third kappa shape index (κ3) is 2.62. The first-order chi connectivity index (χ1) is 9.36. The van der Waals surface area contributed by atoms with Crippen molar-refractivity contribution in [1.29, 1.82) is 0 Å². The Hall–Kier alpha value is -1.64. The van der Waals surface area contributed by atoms with Gasteiger partial charge in [-0.25, -0.2) is 4.39 Å². The molecule has 9 heteroatoms. The Labute approximate surface area is 119 Å². The van der Waals surface area contributed by atoms with Crippen LogP contribution in [0.25, 0.3) is 0 Å². The van der Waals surface area contributed by atoms with E-state index >= 15 is 0 Å². The minimum Gasteiger partial charge on any atom is -0.392 e. The molecule has 1 heterocycles. The number of nitrogens with one attached hydrogen (secondary N) is 2. The van der Waals surface area contributed by atoms with Crippen LogP contribution in [0.15, 0.2) is 23.2 Å². The quantitative estimate of drug-likeness (QED) is 0.801. The van der Waals surface area contributed by atoms with Crippen LogP contribution in [0.1, 0.15) is 11.3 Å². The minimum atomic E-state index is -4.16. The largest absolute Gasteiger partial charge is 0.392 e. The topological polar surface area (TPSA) is 95.1 Å². The van der Waals surface area contributed by atoms with E-state index in [4.69, 9.17) is 11.6 Å². The van der Waals surface area contributed by atoms with Crippen molar-refractivity contribution in [1.82, 2.24) is 10.2 Å². The van der Waals surface area contributed by atoms with Gasteiger partial charge >= 0.3 is 0 Å². The fourth-order valence-corrected chi connectivity index (χ4v) is 3.16. The lowest BCUT2D eigenvalue weighted by Gasteiger charge is -2.09. The lowest BCUT2D eigenvalue weighted by molar-refractivity contribution is 0.277. The number of para-hydroxylation sites is 1. The molecular weight excluding hydrogens is 309 g/mol. The smallest absolute Gasteiger partial charge is 0.281 e. The summed E-state index contributed by atoms with van der Waals surface area (Å²) in [6.07, 6.45) is 0. The van der Waals surface area contributed by atoms with Crippen LogP contribution < -0.4 is 4.72 Å². The third-order valence-corrected chi connectivity index (χ3v) is 4.28. The number of aromatic nitrogens is 2. The highest BCUT2D eigenvalue weighted by Gasteiger charge is 2.25. The van der Waals surface area contributed by atoms with Gasteiger partial charge in [0.05, 0.1) is 11.6 Å². The van der Waals surface area contributed by atoms with Gasteiger partial charge in [-0.2, -0.15) is 13.5 Å². The Kier molecular flexibility index (Phi) is 3.98. The Morgan fingerprint density at radius 2 is 2.20 bits per heavy atom. The van der Waals surface area contributed by atoms with Crippen LogP contribution in [-0.2, 0) is 16.6 Å². The summed E-state index contributed by atoms with van der Waals surface area (Å²) < 4.78 is 40.0. The zero-order valence-corrected chi connectivity index (χ0v) is 11.9. The van der Waals surface area contributed by atoms with Crippen LogP contribution in [0.3, 0.4) is 0 Å². The van der Waals surface area contributed by atoms with Gasteiger partial charge in [0, 0.05) is 11.3 Å². The number of hydrogen-bond acceptors (Lipinski definition) is 4. The van der Waals surface area contributed by atoms with Crippen molar-refractivity contribution >= 4 is 27.3 Å². The summed E-state index contributed by atoms with van der Waals surface area (Å²) in [7, 11) is -4.16. The zero-order valence-electron chi connectivity index (χ0n) is 10.3. The van der Waals surface area contributed by atoms with Gasteiger partial charge in [-0.3, -0.25) is 9.82 Å². The second-order valence-corrected chi connectivity index (χ2v) is 6.00. The number of hydrogen-bond donors (Lipinski definition) is 3.